The number of carbonyl (C=O) groups excluding carboxylic acids is 1. The fraction of sp³-hybridized carbons (Fsp3) is 0.750. The lowest BCUT2D eigenvalue weighted by Gasteiger charge is -2.56. The average molecular weight is 284 g/mol. The molecule has 21 heavy (non-hydrogen) atoms. The van der Waals surface area contributed by atoms with Gasteiger partial charge in [-0.3, -0.25) is 4.79 Å². The molecule has 1 heteroatoms. The maximum Gasteiger partial charge on any atom is 0.164 e. The van der Waals surface area contributed by atoms with Crippen molar-refractivity contribution in [1.29, 1.82) is 0 Å². The van der Waals surface area contributed by atoms with E-state index in [1.807, 2.05) is 0 Å². The molecule has 1 nitrogen and oxygen atoms in total. The van der Waals surface area contributed by atoms with Gasteiger partial charge in [0.1, 0.15) is 0 Å². The average Bonchev–Trinajstić information content (AvgIpc) is 2.70. The molecule has 0 aromatic heterocycles. The summed E-state index contributed by atoms with van der Waals surface area (Å²) in [5.74, 6) is 2.48. The Kier molecular flexibility index (Phi) is 2.85. The van der Waals surface area contributed by atoms with E-state index >= 15 is 0 Å². The molecule has 0 aliphatic heterocycles. The lowest BCUT2D eigenvalue weighted by Crippen LogP contribution is -2.49. The maximum absolute atomic E-state index is 12.6. The highest BCUT2D eigenvalue weighted by Crippen LogP contribution is 2.64. The third kappa shape index (κ3) is 1.67. The third-order valence-corrected chi connectivity index (χ3v) is 7.71. The Hall–Kier alpha value is -0.850. The molecule has 5 atom stereocenters. The topological polar surface area (TPSA) is 17.1 Å². The van der Waals surface area contributed by atoms with Crippen molar-refractivity contribution in [1.82, 2.24) is 0 Å². The largest absolute Gasteiger partial charge is 0.294 e. The quantitative estimate of drug-likeness (QED) is 0.448. The summed E-state index contributed by atoms with van der Waals surface area (Å²) in [7, 11) is 0. The van der Waals surface area contributed by atoms with Gasteiger partial charge in [0, 0.05) is 5.41 Å². The van der Waals surface area contributed by atoms with Crippen LogP contribution in [0.5, 0.6) is 0 Å². The molecule has 4 aliphatic carbocycles. The van der Waals surface area contributed by atoms with Gasteiger partial charge in [-0.1, -0.05) is 38.5 Å². The fourth-order valence-electron chi connectivity index (χ4n) is 6.44. The molecule has 0 amide bonds. The summed E-state index contributed by atoms with van der Waals surface area (Å²) >= 11 is 0. The molecule has 4 rings (SSSR count). The molecule has 4 aliphatic rings. The minimum atomic E-state index is -0.0887. The van der Waals surface area contributed by atoms with E-state index in [4.69, 9.17) is 0 Å². The van der Waals surface area contributed by atoms with Crippen molar-refractivity contribution in [3.05, 3.63) is 23.8 Å². The summed E-state index contributed by atoms with van der Waals surface area (Å²) in [6, 6.07) is 0. The van der Waals surface area contributed by atoms with Crippen molar-refractivity contribution in [2.75, 3.05) is 0 Å². The summed E-state index contributed by atoms with van der Waals surface area (Å²) in [5, 5.41) is 0. The molecule has 0 radical (unpaired) electrons. The van der Waals surface area contributed by atoms with E-state index in [1.165, 1.54) is 38.5 Å². The molecule has 0 aromatic rings. The molecular weight excluding hydrogens is 256 g/mol. The lowest BCUT2D eigenvalue weighted by atomic mass is 9.48. The molecule has 0 aromatic carbocycles. The van der Waals surface area contributed by atoms with Gasteiger partial charge in [-0.2, -0.15) is 0 Å². The van der Waals surface area contributed by atoms with Crippen LogP contribution in [0.25, 0.3) is 0 Å². The van der Waals surface area contributed by atoms with Gasteiger partial charge in [0.15, 0.2) is 5.78 Å². The van der Waals surface area contributed by atoms with Crippen LogP contribution in [0.4, 0.5) is 0 Å². The van der Waals surface area contributed by atoms with Gasteiger partial charge in [0.2, 0.25) is 0 Å². The molecule has 3 saturated carbocycles. The molecule has 114 valence electrons. The summed E-state index contributed by atoms with van der Waals surface area (Å²) in [6.45, 7) is 8.84. The second-order valence-electron chi connectivity index (χ2n) is 8.56. The van der Waals surface area contributed by atoms with Crippen LogP contribution in [0.2, 0.25) is 0 Å². The first-order chi connectivity index (χ1) is 9.97. The molecule has 0 heterocycles. The molecule has 0 spiro atoms. The van der Waals surface area contributed by atoms with Crippen LogP contribution in [0.3, 0.4) is 0 Å². The van der Waals surface area contributed by atoms with E-state index < -0.39 is 0 Å². The number of ketones is 1. The van der Waals surface area contributed by atoms with Crippen molar-refractivity contribution < 1.29 is 4.79 Å². The van der Waals surface area contributed by atoms with Crippen LogP contribution in [-0.2, 0) is 4.79 Å². The standard InChI is InChI=1S/C20H28O/c1-13-12-17-15-8-7-14-6-4-5-10-19(14,2)16(15)9-11-20(17,3)18(13)21/h7,15-17H,1,4-6,8-12H2,2-3H3. The Morgan fingerprint density at radius 3 is 2.76 bits per heavy atom. The highest BCUT2D eigenvalue weighted by Gasteiger charge is 2.59. The van der Waals surface area contributed by atoms with Gasteiger partial charge in [0.05, 0.1) is 0 Å². The van der Waals surface area contributed by atoms with E-state index in [2.05, 4.69) is 26.5 Å². The molecule has 0 saturated heterocycles. The predicted octanol–water partition coefficient (Wildman–Crippen LogP) is 5.07. The van der Waals surface area contributed by atoms with Crippen LogP contribution in [0.1, 0.15) is 65.2 Å². The van der Waals surface area contributed by atoms with Crippen molar-refractivity contribution in [2.45, 2.75) is 65.2 Å². The van der Waals surface area contributed by atoms with Crippen LogP contribution >= 0.6 is 0 Å². The maximum atomic E-state index is 12.6. The summed E-state index contributed by atoms with van der Waals surface area (Å²) in [4.78, 5) is 12.6. The van der Waals surface area contributed by atoms with Gasteiger partial charge in [0.25, 0.3) is 0 Å². The summed E-state index contributed by atoms with van der Waals surface area (Å²) < 4.78 is 0. The van der Waals surface area contributed by atoms with Gasteiger partial charge in [-0.25, -0.2) is 0 Å². The van der Waals surface area contributed by atoms with Gasteiger partial charge in [-0.15, -0.1) is 0 Å². The van der Waals surface area contributed by atoms with Crippen LogP contribution < -0.4 is 0 Å². The number of rotatable bonds is 0. The van der Waals surface area contributed by atoms with E-state index in [-0.39, 0.29) is 5.41 Å². The Labute approximate surface area is 128 Å². The predicted molar refractivity (Wildman–Crippen MR) is 85.9 cm³/mol. The minimum Gasteiger partial charge on any atom is -0.294 e. The number of hydrogen-bond donors (Lipinski definition) is 0. The van der Waals surface area contributed by atoms with Gasteiger partial charge < -0.3 is 0 Å². The molecule has 0 bridgehead atoms. The summed E-state index contributed by atoms with van der Waals surface area (Å²) in [6.07, 6.45) is 12.6. The Bertz CT molecular complexity index is 542. The third-order valence-electron chi connectivity index (χ3n) is 7.71. The number of carbonyl (C=O) groups is 1. The second kappa shape index (κ2) is 4.33. The highest BCUT2D eigenvalue weighted by atomic mass is 16.1. The van der Waals surface area contributed by atoms with Crippen molar-refractivity contribution in [3.63, 3.8) is 0 Å². The van der Waals surface area contributed by atoms with E-state index in [0.717, 1.165) is 30.3 Å². The minimum absolute atomic E-state index is 0.0887. The van der Waals surface area contributed by atoms with Crippen LogP contribution in [0.15, 0.2) is 23.8 Å². The zero-order chi connectivity index (χ0) is 14.8. The lowest BCUT2D eigenvalue weighted by molar-refractivity contribution is -0.129. The Balaban J connectivity index is 1.73. The molecule has 0 N–H and O–H groups in total. The van der Waals surface area contributed by atoms with Crippen molar-refractivity contribution in [2.24, 2.45) is 28.6 Å². The van der Waals surface area contributed by atoms with E-state index in [9.17, 15) is 4.79 Å². The summed E-state index contributed by atoms with van der Waals surface area (Å²) in [5.41, 5.74) is 3.01. The number of Topliss-reactive ketones (excluding diaryl/α,β-unsaturated/α-hetero) is 1. The smallest absolute Gasteiger partial charge is 0.164 e. The van der Waals surface area contributed by atoms with Crippen molar-refractivity contribution in [3.8, 4) is 0 Å². The normalized spacial score (nSPS) is 49.2. The Morgan fingerprint density at radius 1 is 1.14 bits per heavy atom. The zero-order valence-electron chi connectivity index (χ0n) is 13.6. The van der Waals surface area contributed by atoms with Crippen LogP contribution in [-0.4, -0.2) is 5.78 Å². The molecular formula is C20H28O. The number of fused-ring (bicyclic) bond motifs is 5. The molecule has 3 fully saturated rings. The zero-order valence-corrected chi connectivity index (χ0v) is 13.6. The van der Waals surface area contributed by atoms with Gasteiger partial charge >= 0.3 is 0 Å². The SMILES string of the molecule is C=C1CC2C3CC=C4CCCCC4(C)C3CCC2(C)C1=O. The van der Waals surface area contributed by atoms with Crippen molar-refractivity contribution >= 4 is 5.78 Å². The highest BCUT2D eigenvalue weighted by molar-refractivity contribution is 6.02. The first-order valence-corrected chi connectivity index (χ1v) is 8.89. The number of allylic oxidation sites excluding steroid dienone is 3. The number of hydrogen-bond acceptors (Lipinski definition) is 1. The first kappa shape index (κ1) is 13.8. The molecule has 5 unspecified atom stereocenters. The first-order valence-electron chi connectivity index (χ1n) is 8.89. The second-order valence-corrected chi connectivity index (χ2v) is 8.56. The van der Waals surface area contributed by atoms with E-state index in [1.54, 1.807) is 5.57 Å². The van der Waals surface area contributed by atoms with E-state index in [0.29, 0.717) is 17.1 Å². The fourth-order valence-corrected chi connectivity index (χ4v) is 6.44. The monoisotopic (exact) mass is 284 g/mol. The van der Waals surface area contributed by atoms with Crippen LogP contribution in [0, 0.1) is 28.6 Å². The van der Waals surface area contributed by atoms with Gasteiger partial charge in [-0.05, 0) is 73.7 Å². The Morgan fingerprint density at radius 2 is 1.95 bits per heavy atom.